The normalized spacial score (nSPS) is 23.4. The number of hydrogen-bond acceptors (Lipinski definition) is 7. The highest BCUT2D eigenvalue weighted by Gasteiger charge is 2.48. The Morgan fingerprint density at radius 1 is 1.00 bits per heavy atom. The Morgan fingerprint density at radius 3 is 2.32 bits per heavy atom. The second-order valence-corrected chi connectivity index (χ2v) is 7.20. The Bertz CT molecular complexity index is 810. The molecule has 0 N–H and O–H groups in total. The Morgan fingerprint density at radius 2 is 1.64 bits per heavy atom. The first-order valence-electron chi connectivity index (χ1n) is 9.48. The molecule has 4 rings (SSSR count). The number of esters is 1. The van der Waals surface area contributed by atoms with Crippen molar-refractivity contribution in [3.8, 4) is 11.5 Å². The van der Waals surface area contributed by atoms with Crippen molar-refractivity contribution in [3.63, 3.8) is 0 Å². The number of rotatable bonds is 5. The van der Waals surface area contributed by atoms with E-state index in [4.69, 9.17) is 14.2 Å². The number of likely N-dealkylation sites (tertiary alicyclic amines) is 1. The summed E-state index contributed by atoms with van der Waals surface area (Å²) in [5.41, 5.74) is 0.330. The number of imide groups is 1. The maximum absolute atomic E-state index is 12.4. The molecule has 2 amide bonds. The van der Waals surface area contributed by atoms with E-state index in [1.807, 2.05) is 0 Å². The van der Waals surface area contributed by atoms with Crippen molar-refractivity contribution in [1.29, 1.82) is 0 Å². The van der Waals surface area contributed by atoms with Gasteiger partial charge in [0, 0.05) is 5.56 Å². The number of ketones is 1. The summed E-state index contributed by atoms with van der Waals surface area (Å²) in [7, 11) is 0. The molecule has 1 aromatic rings. The number of carbonyl (C=O) groups excluding carboxylic acids is 4. The molecule has 3 aliphatic rings. The van der Waals surface area contributed by atoms with Crippen LogP contribution in [-0.4, -0.2) is 54.8 Å². The lowest BCUT2D eigenvalue weighted by atomic mass is 9.81. The number of amides is 2. The van der Waals surface area contributed by atoms with Gasteiger partial charge in [-0.2, -0.15) is 0 Å². The average Bonchev–Trinajstić information content (AvgIpc) is 2.97. The van der Waals surface area contributed by atoms with Crippen molar-refractivity contribution in [2.45, 2.75) is 25.7 Å². The van der Waals surface area contributed by atoms with E-state index in [2.05, 4.69) is 0 Å². The van der Waals surface area contributed by atoms with Crippen LogP contribution in [-0.2, 0) is 19.1 Å². The summed E-state index contributed by atoms with van der Waals surface area (Å²) in [6, 6.07) is 4.75. The molecular formula is C20H21NO7. The van der Waals surface area contributed by atoms with E-state index in [-0.39, 0.29) is 23.7 Å². The molecule has 2 atom stereocenters. The Hall–Kier alpha value is -2.90. The third-order valence-electron chi connectivity index (χ3n) is 5.45. The molecule has 1 saturated heterocycles. The average molecular weight is 387 g/mol. The number of hydrogen-bond donors (Lipinski definition) is 0. The van der Waals surface area contributed by atoms with Gasteiger partial charge in [-0.1, -0.05) is 12.8 Å². The lowest BCUT2D eigenvalue weighted by Crippen LogP contribution is -2.37. The molecule has 148 valence electrons. The SMILES string of the molecule is O=C(CN1C(=O)[C@@H]2CCCC[C@H]2C1=O)OCC(=O)c1ccc2c(c1)OCCO2. The molecule has 8 nitrogen and oxygen atoms in total. The number of nitrogens with zero attached hydrogens (tertiary/aromatic N) is 1. The number of benzene rings is 1. The summed E-state index contributed by atoms with van der Waals surface area (Å²) >= 11 is 0. The Kier molecular flexibility index (Phi) is 5.02. The smallest absolute Gasteiger partial charge is 0.326 e. The van der Waals surface area contributed by atoms with Crippen LogP contribution < -0.4 is 9.47 Å². The zero-order valence-electron chi connectivity index (χ0n) is 15.3. The molecule has 0 bridgehead atoms. The van der Waals surface area contributed by atoms with Gasteiger partial charge in [-0.15, -0.1) is 0 Å². The molecule has 1 aliphatic carbocycles. The van der Waals surface area contributed by atoms with Gasteiger partial charge in [0.2, 0.25) is 11.8 Å². The van der Waals surface area contributed by atoms with Crippen LogP contribution in [0.15, 0.2) is 18.2 Å². The van der Waals surface area contributed by atoms with Crippen molar-refractivity contribution in [2.75, 3.05) is 26.4 Å². The van der Waals surface area contributed by atoms with Crippen LogP contribution in [0.5, 0.6) is 11.5 Å². The summed E-state index contributed by atoms with van der Waals surface area (Å²) in [5, 5.41) is 0. The number of fused-ring (bicyclic) bond motifs is 2. The molecule has 0 aromatic heterocycles. The summed E-state index contributed by atoms with van der Waals surface area (Å²) < 4.78 is 15.8. The van der Waals surface area contributed by atoms with Crippen LogP contribution in [0.25, 0.3) is 0 Å². The first-order chi connectivity index (χ1) is 13.5. The zero-order chi connectivity index (χ0) is 19.7. The highest BCUT2D eigenvalue weighted by molar-refractivity contribution is 6.07. The summed E-state index contributed by atoms with van der Waals surface area (Å²) in [6.07, 6.45) is 3.21. The van der Waals surface area contributed by atoms with E-state index in [9.17, 15) is 19.2 Å². The van der Waals surface area contributed by atoms with Gasteiger partial charge in [0.1, 0.15) is 19.8 Å². The maximum Gasteiger partial charge on any atom is 0.326 e. The van der Waals surface area contributed by atoms with Gasteiger partial charge in [-0.05, 0) is 31.0 Å². The van der Waals surface area contributed by atoms with E-state index in [0.29, 0.717) is 43.1 Å². The van der Waals surface area contributed by atoms with Crippen LogP contribution in [0.1, 0.15) is 36.0 Å². The van der Waals surface area contributed by atoms with E-state index < -0.39 is 24.9 Å². The van der Waals surface area contributed by atoms with Crippen LogP contribution in [0.3, 0.4) is 0 Å². The van der Waals surface area contributed by atoms with Gasteiger partial charge in [0.15, 0.2) is 23.9 Å². The molecule has 1 aromatic carbocycles. The minimum atomic E-state index is -0.772. The van der Waals surface area contributed by atoms with E-state index in [1.54, 1.807) is 18.2 Å². The first kappa shape index (κ1) is 18.5. The predicted octanol–water partition coefficient (Wildman–Crippen LogP) is 1.36. The molecule has 28 heavy (non-hydrogen) atoms. The van der Waals surface area contributed by atoms with Crippen LogP contribution in [0, 0.1) is 11.8 Å². The predicted molar refractivity (Wildman–Crippen MR) is 94.9 cm³/mol. The minimum absolute atomic E-state index is 0.301. The Balaban J connectivity index is 1.32. The lowest BCUT2D eigenvalue weighted by molar-refractivity contribution is -0.152. The fraction of sp³-hybridized carbons (Fsp3) is 0.500. The van der Waals surface area contributed by atoms with Crippen molar-refractivity contribution >= 4 is 23.6 Å². The second kappa shape index (κ2) is 7.61. The van der Waals surface area contributed by atoms with Gasteiger partial charge < -0.3 is 14.2 Å². The molecule has 2 heterocycles. The molecular weight excluding hydrogens is 366 g/mol. The van der Waals surface area contributed by atoms with Crippen molar-refractivity contribution in [2.24, 2.45) is 11.8 Å². The number of ether oxygens (including phenoxy) is 3. The van der Waals surface area contributed by atoms with Gasteiger partial charge >= 0.3 is 5.97 Å². The van der Waals surface area contributed by atoms with E-state index >= 15 is 0 Å². The standard InChI is InChI=1S/C20H21NO7/c22-15(12-5-6-16-17(9-12)27-8-7-26-16)11-28-18(23)10-21-19(24)13-3-1-2-4-14(13)20(21)25/h5-6,9,13-14H,1-4,7-8,10-11H2/t13-,14-/m1/s1. The molecule has 0 radical (unpaired) electrons. The van der Waals surface area contributed by atoms with Crippen molar-refractivity contribution in [1.82, 2.24) is 4.90 Å². The minimum Gasteiger partial charge on any atom is -0.486 e. The summed E-state index contributed by atoms with van der Waals surface area (Å²) in [6.45, 7) is -0.0618. The molecule has 0 spiro atoms. The van der Waals surface area contributed by atoms with Crippen molar-refractivity contribution in [3.05, 3.63) is 23.8 Å². The highest BCUT2D eigenvalue weighted by atomic mass is 16.6. The van der Waals surface area contributed by atoms with Gasteiger partial charge in [0.05, 0.1) is 11.8 Å². The van der Waals surface area contributed by atoms with Gasteiger partial charge in [-0.3, -0.25) is 24.1 Å². The van der Waals surface area contributed by atoms with E-state index in [0.717, 1.165) is 17.7 Å². The summed E-state index contributed by atoms with van der Waals surface area (Å²) in [4.78, 5) is 50.1. The quantitative estimate of drug-likeness (QED) is 0.427. The largest absolute Gasteiger partial charge is 0.486 e. The molecule has 2 aliphatic heterocycles. The zero-order valence-corrected chi connectivity index (χ0v) is 15.3. The molecule has 8 heteroatoms. The number of Topliss-reactive ketones (excluding diaryl/α,β-unsaturated/α-hetero) is 1. The fourth-order valence-electron chi connectivity index (χ4n) is 4.01. The third kappa shape index (κ3) is 3.46. The fourth-order valence-corrected chi connectivity index (χ4v) is 4.01. The van der Waals surface area contributed by atoms with Gasteiger partial charge in [-0.25, -0.2) is 0 Å². The topological polar surface area (TPSA) is 99.2 Å². The lowest BCUT2D eigenvalue weighted by Gasteiger charge is -2.19. The van der Waals surface area contributed by atoms with Crippen LogP contribution in [0.2, 0.25) is 0 Å². The molecule has 2 fully saturated rings. The molecule has 1 saturated carbocycles. The first-order valence-corrected chi connectivity index (χ1v) is 9.48. The highest BCUT2D eigenvalue weighted by Crippen LogP contribution is 2.37. The monoisotopic (exact) mass is 387 g/mol. The van der Waals surface area contributed by atoms with Crippen LogP contribution in [0.4, 0.5) is 0 Å². The second-order valence-electron chi connectivity index (χ2n) is 7.20. The Labute approximate surface area is 161 Å². The third-order valence-corrected chi connectivity index (χ3v) is 5.45. The van der Waals surface area contributed by atoms with Crippen molar-refractivity contribution < 1.29 is 33.4 Å². The van der Waals surface area contributed by atoms with Crippen LogP contribution >= 0.6 is 0 Å². The summed E-state index contributed by atoms with van der Waals surface area (Å²) in [5.74, 6) is -1.37. The van der Waals surface area contributed by atoms with E-state index in [1.165, 1.54) is 0 Å². The maximum atomic E-state index is 12.4. The number of carbonyl (C=O) groups is 4. The molecule has 0 unspecified atom stereocenters. The van der Waals surface area contributed by atoms with Gasteiger partial charge in [0.25, 0.3) is 0 Å².